The topological polar surface area (TPSA) is 35.5 Å². The minimum absolute atomic E-state index is 0.0868. The van der Waals surface area contributed by atoms with E-state index >= 15 is 0 Å². The van der Waals surface area contributed by atoms with Gasteiger partial charge < -0.3 is 14.3 Å². The van der Waals surface area contributed by atoms with Crippen LogP contribution < -0.4 is 0 Å². The smallest absolute Gasteiger partial charge is 0.157 e. The van der Waals surface area contributed by atoms with Crippen LogP contribution in [0.15, 0.2) is 0 Å². The lowest BCUT2D eigenvalue weighted by Crippen LogP contribution is -2.22. The van der Waals surface area contributed by atoms with E-state index in [-0.39, 0.29) is 6.29 Å². The molecule has 0 N–H and O–H groups in total. The van der Waals surface area contributed by atoms with Crippen LogP contribution >= 0.6 is 0 Å². The molecule has 1 aliphatic heterocycles. The van der Waals surface area contributed by atoms with Crippen molar-refractivity contribution in [1.82, 2.24) is 0 Å². The number of carbonyl (C=O) groups is 1. The lowest BCUT2D eigenvalue weighted by atomic mass is 10.0. The summed E-state index contributed by atoms with van der Waals surface area (Å²) in [5.41, 5.74) is 0. The molecule has 1 atom stereocenters. The summed E-state index contributed by atoms with van der Waals surface area (Å²) >= 11 is 0. The molecule has 0 amide bonds. The minimum Gasteiger partial charge on any atom is -0.353 e. The molecule has 1 aliphatic rings. The first-order valence-electron chi connectivity index (χ1n) is 10.6. The van der Waals surface area contributed by atoms with E-state index in [9.17, 15) is 4.79 Å². The van der Waals surface area contributed by atoms with Gasteiger partial charge in [-0.25, -0.2) is 0 Å². The highest BCUT2D eigenvalue weighted by atomic mass is 16.7. The zero-order chi connectivity index (χ0) is 17.1. The van der Waals surface area contributed by atoms with Crippen molar-refractivity contribution in [2.75, 3.05) is 13.2 Å². The molecule has 0 spiro atoms. The predicted octanol–water partition coefficient (Wildman–Crippen LogP) is 6.19. The molecule has 0 aliphatic carbocycles. The SMILES string of the molecule is O=CCCCCCCCCCCCCCCCOC1CCCCO1. The molecule has 0 saturated carbocycles. The van der Waals surface area contributed by atoms with Crippen LogP contribution in [0.25, 0.3) is 0 Å². The zero-order valence-electron chi connectivity index (χ0n) is 15.8. The molecule has 3 heteroatoms. The van der Waals surface area contributed by atoms with Crippen molar-refractivity contribution >= 4 is 6.29 Å². The van der Waals surface area contributed by atoms with Gasteiger partial charge in [-0.2, -0.15) is 0 Å². The van der Waals surface area contributed by atoms with Crippen LogP contribution in [0.3, 0.4) is 0 Å². The maximum Gasteiger partial charge on any atom is 0.157 e. The third kappa shape index (κ3) is 14.0. The molecule has 142 valence electrons. The van der Waals surface area contributed by atoms with Crippen molar-refractivity contribution in [3.05, 3.63) is 0 Å². The summed E-state index contributed by atoms with van der Waals surface area (Å²) in [7, 11) is 0. The van der Waals surface area contributed by atoms with Crippen LogP contribution in [0.1, 0.15) is 109 Å². The molecule has 1 rings (SSSR count). The van der Waals surface area contributed by atoms with Gasteiger partial charge in [0.15, 0.2) is 6.29 Å². The lowest BCUT2D eigenvalue weighted by molar-refractivity contribution is -0.162. The molecule has 0 radical (unpaired) electrons. The second-order valence-electron chi connectivity index (χ2n) is 7.22. The van der Waals surface area contributed by atoms with E-state index in [2.05, 4.69) is 0 Å². The van der Waals surface area contributed by atoms with E-state index in [1.165, 1.54) is 89.9 Å². The second kappa shape index (κ2) is 17.4. The minimum atomic E-state index is 0.0868. The summed E-state index contributed by atoms with van der Waals surface area (Å²) in [5, 5.41) is 0. The van der Waals surface area contributed by atoms with Gasteiger partial charge in [0.2, 0.25) is 0 Å². The molecule has 0 aromatic carbocycles. The Hall–Kier alpha value is -0.410. The number of unbranched alkanes of at least 4 members (excludes halogenated alkanes) is 13. The highest BCUT2D eigenvalue weighted by Crippen LogP contribution is 2.15. The van der Waals surface area contributed by atoms with E-state index in [1.54, 1.807) is 0 Å². The van der Waals surface area contributed by atoms with Crippen molar-refractivity contribution in [1.29, 1.82) is 0 Å². The molecule has 0 aromatic rings. The van der Waals surface area contributed by atoms with Crippen molar-refractivity contribution in [2.24, 2.45) is 0 Å². The summed E-state index contributed by atoms with van der Waals surface area (Å²) in [6.45, 7) is 1.75. The van der Waals surface area contributed by atoms with Gasteiger partial charge in [-0.3, -0.25) is 0 Å². The first-order chi connectivity index (χ1) is 11.9. The molecule has 3 nitrogen and oxygen atoms in total. The Morgan fingerprint density at radius 1 is 0.750 bits per heavy atom. The highest BCUT2D eigenvalue weighted by molar-refractivity contribution is 5.48. The monoisotopic (exact) mass is 340 g/mol. The van der Waals surface area contributed by atoms with E-state index in [1.807, 2.05) is 0 Å². The first-order valence-corrected chi connectivity index (χ1v) is 10.6. The Bertz CT molecular complexity index is 262. The van der Waals surface area contributed by atoms with Crippen LogP contribution in [0.2, 0.25) is 0 Å². The Kier molecular flexibility index (Phi) is 15.7. The number of aldehydes is 1. The Morgan fingerprint density at radius 2 is 1.29 bits per heavy atom. The van der Waals surface area contributed by atoms with Crippen LogP contribution in [0, 0.1) is 0 Å². The Morgan fingerprint density at radius 3 is 1.79 bits per heavy atom. The van der Waals surface area contributed by atoms with E-state index in [0.29, 0.717) is 0 Å². The van der Waals surface area contributed by atoms with Crippen molar-refractivity contribution in [3.63, 3.8) is 0 Å². The average molecular weight is 341 g/mol. The number of rotatable bonds is 17. The fraction of sp³-hybridized carbons (Fsp3) is 0.952. The third-order valence-electron chi connectivity index (χ3n) is 4.91. The van der Waals surface area contributed by atoms with Gasteiger partial charge in [0.25, 0.3) is 0 Å². The van der Waals surface area contributed by atoms with Crippen LogP contribution in [-0.4, -0.2) is 25.8 Å². The number of hydrogen-bond acceptors (Lipinski definition) is 3. The number of hydrogen-bond donors (Lipinski definition) is 0. The van der Waals surface area contributed by atoms with E-state index < -0.39 is 0 Å². The van der Waals surface area contributed by atoms with Crippen molar-refractivity contribution in [3.8, 4) is 0 Å². The molecule has 1 unspecified atom stereocenters. The molecule has 1 saturated heterocycles. The van der Waals surface area contributed by atoms with Gasteiger partial charge in [-0.15, -0.1) is 0 Å². The van der Waals surface area contributed by atoms with Gasteiger partial charge in [0, 0.05) is 19.6 Å². The molecule has 1 fully saturated rings. The molecule has 0 aromatic heterocycles. The van der Waals surface area contributed by atoms with Crippen LogP contribution in [0.5, 0.6) is 0 Å². The van der Waals surface area contributed by atoms with Gasteiger partial charge >= 0.3 is 0 Å². The van der Waals surface area contributed by atoms with E-state index in [0.717, 1.165) is 38.8 Å². The molecule has 24 heavy (non-hydrogen) atoms. The van der Waals surface area contributed by atoms with Gasteiger partial charge in [-0.05, 0) is 32.1 Å². The van der Waals surface area contributed by atoms with Crippen molar-refractivity contribution in [2.45, 2.75) is 115 Å². The average Bonchev–Trinajstić information content (AvgIpc) is 2.62. The number of ether oxygens (including phenoxy) is 2. The van der Waals surface area contributed by atoms with Gasteiger partial charge in [0.05, 0.1) is 0 Å². The molecule has 1 heterocycles. The van der Waals surface area contributed by atoms with Crippen molar-refractivity contribution < 1.29 is 14.3 Å². The fourth-order valence-electron chi connectivity index (χ4n) is 3.33. The van der Waals surface area contributed by atoms with Gasteiger partial charge in [0.1, 0.15) is 6.29 Å². The summed E-state index contributed by atoms with van der Waals surface area (Å²) in [6.07, 6.45) is 22.6. The maximum absolute atomic E-state index is 10.2. The zero-order valence-corrected chi connectivity index (χ0v) is 15.8. The maximum atomic E-state index is 10.2. The summed E-state index contributed by atoms with van der Waals surface area (Å²) in [6, 6.07) is 0. The largest absolute Gasteiger partial charge is 0.353 e. The summed E-state index contributed by atoms with van der Waals surface area (Å²) in [5.74, 6) is 0. The number of carbonyl (C=O) groups excluding carboxylic acids is 1. The summed E-state index contributed by atoms with van der Waals surface area (Å²) in [4.78, 5) is 10.2. The normalized spacial score (nSPS) is 17.9. The second-order valence-corrected chi connectivity index (χ2v) is 7.22. The molecular formula is C21H40O3. The quantitative estimate of drug-likeness (QED) is 0.234. The van der Waals surface area contributed by atoms with E-state index in [4.69, 9.17) is 9.47 Å². The molecule has 0 bridgehead atoms. The third-order valence-corrected chi connectivity index (χ3v) is 4.91. The molecular weight excluding hydrogens is 300 g/mol. The highest BCUT2D eigenvalue weighted by Gasteiger charge is 2.13. The predicted molar refractivity (Wildman–Crippen MR) is 100 cm³/mol. The van der Waals surface area contributed by atoms with Crippen LogP contribution in [0.4, 0.5) is 0 Å². The first kappa shape index (κ1) is 21.6. The Labute approximate surface area is 149 Å². The standard InChI is InChI=1S/C21H40O3/c22-18-14-11-9-7-5-3-1-2-4-6-8-10-12-15-19-23-21-17-13-16-20-24-21/h18,21H,1-17,19-20H2. The lowest BCUT2D eigenvalue weighted by Gasteiger charge is -2.22. The van der Waals surface area contributed by atoms with Gasteiger partial charge in [-0.1, -0.05) is 70.6 Å². The Balaban J connectivity index is 1.66. The summed E-state index contributed by atoms with van der Waals surface area (Å²) < 4.78 is 11.3. The van der Waals surface area contributed by atoms with Crippen LogP contribution in [-0.2, 0) is 14.3 Å². The fourth-order valence-corrected chi connectivity index (χ4v) is 3.33.